The number of alkyl halides is 3. The third-order valence-corrected chi connectivity index (χ3v) is 6.19. The first-order chi connectivity index (χ1) is 13.7. The second-order valence-electron chi connectivity index (χ2n) is 6.96. The first-order valence-electron chi connectivity index (χ1n) is 9.03. The van der Waals surface area contributed by atoms with Crippen LogP contribution in [-0.2, 0) is 19.8 Å². The molecular formula is C19H18F4N4OS. The van der Waals surface area contributed by atoms with Crippen molar-refractivity contribution in [1.82, 2.24) is 19.6 Å². The average molecular weight is 426 g/mol. The fourth-order valence-electron chi connectivity index (χ4n) is 3.49. The van der Waals surface area contributed by atoms with Gasteiger partial charge in [0, 0.05) is 50.7 Å². The average Bonchev–Trinajstić information content (AvgIpc) is 3.24. The van der Waals surface area contributed by atoms with E-state index in [4.69, 9.17) is 0 Å². The van der Waals surface area contributed by atoms with Crippen LogP contribution in [0.1, 0.15) is 20.9 Å². The van der Waals surface area contributed by atoms with Crippen LogP contribution in [-0.4, -0.2) is 51.7 Å². The van der Waals surface area contributed by atoms with Gasteiger partial charge < -0.3 is 4.90 Å². The number of amides is 1. The Morgan fingerprint density at radius 3 is 2.52 bits per heavy atom. The summed E-state index contributed by atoms with van der Waals surface area (Å²) in [4.78, 5) is 17.1. The number of aryl methyl sites for hydroxylation is 1. The lowest BCUT2D eigenvalue weighted by Gasteiger charge is -2.34. The standard InChI is InChI=1S/C19H18F4N4OS/c1-25-18-13(16(24-25)19(21,22)23)10-15(29-18)17(28)27-8-6-26(7-9-27)11-12-4-2-3-5-14(12)20/h2-5,10H,6-9,11H2,1H3. The predicted molar refractivity (Wildman–Crippen MR) is 101 cm³/mol. The van der Waals surface area contributed by atoms with Gasteiger partial charge in [0.1, 0.15) is 10.6 Å². The Hall–Kier alpha value is -2.46. The van der Waals surface area contributed by atoms with E-state index in [-0.39, 0.29) is 22.0 Å². The van der Waals surface area contributed by atoms with Gasteiger partial charge in [0.25, 0.3) is 5.91 Å². The second kappa shape index (κ2) is 7.42. The molecule has 1 aromatic carbocycles. The summed E-state index contributed by atoms with van der Waals surface area (Å²) in [6.07, 6.45) is -4.57. The Kier molecular flexibility index (Phi) is 5.07. The van der Waals surface area contributed by atoms with Crippen molar-refractivity contribution in [2.75, 3.05) is 26.2 Å². The molecule has 4 rings (SSSR count). The van der Waals surface area contributed by atoms with Crippen LogP contribution in [0.25, 0.3) is 10.2 Å². The number of hydrogen-bond acceptors (Lipinski definition) is 4. The molecule has 3 aromatic rings. The largest absolute Gasteiger partial charge is 0.435 e. The molecule has 0 spiro atoms. The number of aromatic nitrogens is 2. The second-order valence-corrected chi connectivity index (χ2v) is 7.99. The zero-order valence-electron chi connectivity index (χ0n) is 15.5. The fourth-order valence-corrected chi connectivity index (χ4v) is 4.53. The van der Waals surface area contributed by atoms with Crippen LogP contribution < -0.4 is 0 Å². The van der Waals surface area contributed by atoms with Gasteiger partial charge in [-0.1, -0.05) is 18.2 Å². The summed E-state index contributed by atoms with van der Waals surface area (Å²) < 4.78 is 54.4. The Balaban J connectivity index is 1.45. The van der Waals surface area contributed by atoms with Gasteiger partial charge in [-0.3, -0.25) is 14.4 Å². The zero-order chi connectivity index (χ0) is 20.8. The molecule has 1 fully saturated rings. The van der Waals surface area contributed by atoms with E-state index in [1.165, 1.54) is 19.2 Å². The quantitative estimate of drug-likeness (QED) is 0.599. The SMILES string of the molecule is Cn1nc(C(F)(F)F)c2cc(C(=O)N3CCN(Cc4ccccc4F)CC3)sc21. The number of halogens is 4. The topological polar surface area (TPSA) is 41.4 Å². The number of piperazine rings is 1. The summed E-state index contributed by atoms with van der Waals surface area (Å²) in [6.45, 7) is 2.47. The minimum absolute atomic E-state index is 0.0495. The molecule has 1 amide bonds. The molecule has 2 aromatic heterocycles. The van der Waals surface area contributed by atoms with Gasteiger partial charge in [-0.25, -0.2) is 4.39 Å². The van der Waals surface area contributed by atoms with Gasteiger partial charge in [0.2, 0.25) is 0 Å². The fraction of sp³-hybridized carbons (Fsp3) is 0.368. The van der Waals surface area contributed by atoms with E-state index in [2.05, 4.69) is 10.00 Å². The molecule has 0 bridgehead atoms. The van der Waals surface area contributed by atoms with E-state index in [1.807, 2.05) is 0 Å². The Morgan fingerprint density at radius 1 is 1.17 bits per heavy atom. The Morgan fingerprint density at radius 2 is 1.86 bits per heavy atom. The number of fused-ring (bicyclic) bond motifs is 1. The highest BCUT2D eigenvalue weighted by Crippen LogP contribution is 2.37. The highest BCUT2D eigenvalue weighted by atomic mass is 32.1. The molecule has 0 saturated carbocycles. The number of hydrogen-bond donors (Lipinski definition) is 0. The molecular weight excluding hydrogens is 408 g/mol. The molecule has 0 unspecified atom stereocenters. The van der Waals surface area contributed by atoms with E-state index in [0.717, 1.165) is 16.0 Å². The van der Waals surface area contributed by atoms with Crippen molar-refractivity contribution in [2.45, 2.75) is 12.7 Å². The summed E-state index contributed by atoms with van der Waals surface area (Å²) >= 11 is 1.01. The zero-order valence-corrected chi connectivity index (χ0v) is 16.4. The van der Waals surface area contributed by atoms with Crippen molar-refractivity contribution in [3.63, 3.8) is 0 Å². The third kappa shape index (κ3) is 3.86. The van der Waals surface area contributed by atoms with Gasteiger partial charge >= 0.3 is 6.18 Å². The summed E-state index contributed by atoms with van der Waals surface area (Å²) in [5.41, 5.74) is -0.371. The molecule has 3 heterocycles. The van der Waals surface area contributed by atoms with Crippen LogP contribution in [0.3, 0.4) is 0 Å². The first kappa shape index (κ1) is 19.8. The van der Waals surface area contributed by atoms with Crippen LogP contribution in [0.2, 0.25) is 0 Å². The summed E-state index contributed by atoms with van der Waals surface area (Å²) in [5, 5.41) is 3.48. The van der Waals surface area contributed by atoms with Crippen LogP contribution in [0.15, 0.2) is 30.3 Å². The lowest BCUT2D eigenvalue weighted by atomic mass is 10.2. The molecule has 1 saturated heterocycles. The van der Waals surface area contributed by atoms with Gasteiger partial charge in [-0.2, -0.15) is 18.3 Å². The number of benzene rings is 1. The lowest BCUT2D eigenvalue weighted by molar-refractivity contribution is -0.140. The maximum Gasteiger partial charge on any atom is 0.435 e. The van der Waals surface area contributed by atoms with Gasteiger partial charge in [0.05, 0.1) is 4.88 Å². The van der Waals surface area contributed by atoms with Crippen molar-refractivity contribution < 1.29 is 22.4 Å². The van der Waals surface area contributed by atoms with Crippen LogP contribution >= 0.6 is 11.3 Å². The first-order valence-corrected chi connectivity index (χ1v) is 9.84. The Bertz CT molecular complexity index is 1050. The molecule has 5 nitrogen and oxygen atoms in total. The highest BCUT2D eigenvalue weighted by molar-refractivity contribution is 7.20. The van der Waals surface area contributed by atoms with Crippen molar-refractivity contribution >= 4 is 27.5 Å². The minimum Gasteiger partial charge on any atom is -0.335 e. The van der Waals surface area contributed by atoms with Crippen molar-refractivity contribution in [3.05, 3.63) is 52.3 Å². The molecule has 0 N–H and O–H groups in total. The van der Waals surface area contributed by atoms with E-state index in [0.29, 0.717) is 43.1 Å². The van der Waals surface area contributed by atoms with Gasteiger partial charge in [-0.05, 0) is 12.1 Å². The van der Waals surface area contributed by atoms with E-state index < -0.39 is 11.9 Å². The number of thiophene rings is 1. The summed E-state index contributed by atoms with van der Waals surface area (Å²) in [7, 11) is 1.43. The maximum absolute atomic E-state index is 13.8. The molecule has 29 heavy (non-hydrogen) atoms. The number of nitrogens with zero attached hydrogens (tertiary/aromatic N) is 4. The van der Waals surface area contributed by atoms with E-state index >= 15 is 0 Å². The highest BCUT2D eigenvalue weighted by Gasteiger charge is 2.38. The number of rotatable bonds is 3. The Labute approximate surface area is 168 Å². The maximum atomic E-state index is 13.8. The molecule has 10 heteroatoms. The number of carbonyl (C=O) groups excluding carboxylic acids is 1. The van der Waals surface area contributed by atoms with Gasteiger partial charge in [-0.15, -0.1) is 11.3 Å². The summed E-state index contributed by atoms with van der Waals surface area (Å²) in [5.74, 6) is -0.546. The molecule has 1 aliphatic rings. The third-order valence-electron chi connectivity index (χ3n) is 5.00. The van der Waals surface area contributed by atoms with E-state index in [1.54, 1.807) is 23.1 Å². The monoisotopic (exact) mass is 426 g/mol. The lowest BCUT2D eigenvalue weighted by Crippen LogP contribution is -2.48. The smallest absolute Gasteiger partial charge is 0.335 e. The van der Waals surface area contributed by atoms with Crippen molar-refractivity contribution in [2.24, 2.45) is 7.05 Å². The number of carbonyl (C=O) groups is 1. The molecule has 0 atom stereocenters. The summed E-state index contributed by atoms with van der Waals surface area (Å²) in [6, 6.07) is 7.85. The van der Waals surface area contributed by atoms with Gasteiger partial charge in [0.15, 0.2) is 5.69 Å². The predicted octanol–water partition coefficient (Wildman–Crippen LogP) is 3.75. The van der Waals surface area contributed by atoms with Crippen LogP contribution in [0.5, 0.6) is 0 Å². The minimum atomic E-state index is -4.57. The van der Waals surface area contributed by atoms with Crippen LogP contribution in [0.4, 0.5) is 17.6 Å². The molecule has 154 valence electrons. The van der Waals surface area contributed by atoms with E-state index in [9.17, 15) is 22.4 Å². The van der Waals surface area contributed by atoms with Crippen molar-refractivity contribution in [3.8, 4) is 0 Å². The van der Waals surface area contributed by atoms with Crippen molar-refractivity contribution in [1.29, 1.82) is 0 Å². The van der Waals surface area contributed by atoms with Crippen LogP contribution in [0, 0.1) is 5.82 Å². The normalized spacial score (nSPS) is 16.0. The molecule has 0 aliphatic carbocycles. The molecule has 0 radical (unpaired) electrons. The molecule has 1 aliphatic heterocycles.